The Morgan fingerprint density at radius 2 is 1.94 bits per heavy atom. The van der Waals surface area contributed by atoms with Gasteiger partial charge in [-0.2, -0.15) is 5.10 Å². The normalized spacial score (nSPS) is 14.7. The number of likely N-dealkylation sites (N-methyl/N-ethyl adjacent to an activating group) is 1. The van der Waals surface area contributed by atoms with E-state index < -0.39 is 11.9 Å². The fourth-order valence-electron chi connectivity index (χ4n) is 3.39. The van der Waals surface area contributed by atoms with Gasteiger partial charge in [0.1, 0.15) is 11.7 Å². The lowest BCUT2D eigenvalue weighted by atomic mass is 10.2. The highest BCUT2D eigenvalue weighted by atomic mass is 16.2. The van der Waals surface area contributed by atoms with Gasteiger partial charge in [0.2, 0.25) is 5.91 Å². The van der Waals surface area contributed by atoms with Gasteiger partial charge in [-0.25, -0.2) is 0 Å². The van der Waals surface area contributed by atoms with Crippen LogP contribution in [0.1, 0.15) is 39.9 Å². The Balaban J connectivity index is 1.64. The molecular weight excluding hydrogens is 396 g/mol. The van der Waals surface area contributed by atoms with E-state index in [0.29, 0.717) is 38.4 Å². The van der Waals surface area contributed by atoms with Gasteiger partial charge in [0.25, 0.3) is 11.8 Å². The lowest BCUT2D eigenvalue weighted by Gasteiger charge is -2.20. The van der Waals surface area contributed by atoms with E-state index in [1.54, 1.807) is 16.5 Å². The maximum atomic E-state index is 13.0. The first-order valence-electron chi connectivity index (χ1n) is 10.5. The molecule has 1 aliphatic heterocycles. The summed E-state index contributed by atoms with van der Waals surface area (Å²) >= 11 is 0. The van der Waals surface area contributed by atoms with Crippen LogP contribution in [0.3, 0.4) is 0 Å². The van der Waals surface area contributed by atoms with Crippen LogP contribution in [-0.4, -0.2) is 77.1 Å². The van der Waals surface area contributed by atoms with Gasteiger partial charge in [-0.05, 0) is 33.0 Å². The summed E-state index contributed by atoms with van der Waals surface area (Å²) in [6, 6.07) is 10.6. The van der Waals surface area contributed by atoms with E-state index in [1.165, 1.54) is 6.07 Å². The number of carbonyl (C=O) groups excluding carboxylic acids is 3. The van der Waals surface area contributed by atoms with Crippen LogP contribution in [-0.2, 0) is 17.9 Å². The molecule has 2 aromatic rings. The number of hydrogen-bond donors (Lipinski definition) is 2. The van der Waals surface area contributed by atoms with Crippen molar-refractivity contribution in [2.24, 2.45) is 0 Å². The highest BCUT2D eigenvalue weighted by Gasteiger charge is 2.27. The minimum Gasteiger partial charge on any atom is -0.353 e. The minimum absolute atomic E-state index is 0.137. The molecular formula is C22H30N6O3. The molecule has 0 saturated heterocycles. The van der Waals surface area contributed by atoms with Crippen molar-refractivity contribution in [3.05, 3.63) is 53.3 Å². The third kappa shape index (κ3) is 5.91. The number of fused-ring (bicyclic) bond motifs is 1. The highest BCUT2D eigenvalue weighted by Crippen LogP contribution is 2.16. The molecule has 0 aliphatic carbocycles. The molecule has 1 aromatic heterocycles. The van der Waals surface area contributed by atoms with Gasteiger partial charge in [-0.15, -0.1) is 0 Å². The van der Waals surface area contributed by atoms with E-state index in [-0.39, 0.29) is 17.5 Å². The molecule has 0 unspecified atom stereocenters. The van der Waals surface area contributed by atoms with E-state index in [2.05, 4.69) is 15.7 Å². The van der Waals surface area contributed by atoms with E-state index >= 15 is 0 Å². The number of nitrogens with one attached hydrogen (secondary N) is 2. The first-order chi connectivity index (χ1) is 14.8. The van der Waals surface area contributed by atoms with E-state index in [1.807, 2.05) is 49.3 Å². The molecule has 9 heteroatoms. The summed E-state index contributed by atoms with van der Waals surface area (Å²) in [7, 11) is 3.84. The summed E-state index contributed by atoms with van der Waals surface area (Å²) < 4.78 is 1.59. The number of aromatic nitrogens is 2. The van der Waals surface area contributed by atoms with Crippen LogP contribution >= 0.6 is 0 Å². The van der Waals surface area contributed by atoms with E-state index in [4.69, 9.17) is 0 Å². The monoisotopic (exact) mass is 426 g/mol. The van der Waals surface area contributed by atoms with Crippen molar-refractivity contribution in [1.82, 2.24) is 30.2 Å². The first kappa shape index (κ1) is 22.5. The standard InChI is InChI=1S/C22H30N6O3/c1-16(20(29)23-10-13-26(2)3)24-21(30)18-14-19-22(31)27(11-7-12-28(19)25-18)15-17-8-5-4-6-9-17/h4-6,8-9,14,16H,7,10-13,15H2,1-3H3,(H,23,29)(H,24,30)/t16-/m1/s1. The van der Waals surface area contributed by atoms with Crippen LogP contribution in [0.25, 0.3) is 0 Å². The fraction of sp³-hybridized carbons (Fsp3) is 0.455. The lowest BCUT2D eigenvalue weighted by Crippen LogP contribution is -2.46. The predicted molar refractivity (Wildman–Crippen MR) is 117 cm³/mol. The molecule has 0 saturated carbocycles. The van der Waals surface area contributed by atoms with Crippen molar-refractivity contribution < 1.29 is 14.4 Å². The maximum Gasteiger partial charge on any atom is 0.272 e. The molecule has 31 heavy (non-hydrogen) atoms. The molecule has 0 bridgehead atoms. The SMILES string of the molecule is C[C@@H](NC(=O)c1cc2n(n1)CCCN(Cc1ccccc1)C2=O)C(=O)NCCN(C)C. The molecule has 3 rings (SSSR count). The molecule has 0 spiro atoms. The summed E-state index contributed by atoms with van der Waals surface area (Å²) in [6.45, 7) is 4.52. The molecule has 166 valence electrons. The molecule has 1 aliphatic rings. The third-order valence-corrected chi connectivity index (χ3v) is 5.13. The Labute approximate surface area is 182 Å². The lowest BCUT2D eigenvalue weighted by molar-refractivity contribution is -0.122. The molecule has 3 amide bonds. The van der Waals surface area contributed by atoms with Gasteiger partial charge >= 0.3 is 0 Å². The van der Waals surface area contributed by atoms with Crippen LogP contribution in [0, 0.1) is 0 Å². The summed E-state index contributed by atoms with van der Waals surface area (Å²) in [5, 5.41) is 9.76. The van der Waals surface area contributed by atoms with Crippen molar-refractivity contribution in [2.75, 3.05) is 33.7 Å². The van der Waals surface area contributed by atoms with E-state index in [9.17, 15) is 14.4 Å². The van der Waals surface area contributed by atoms with Crippen LogP contribution in [0.2, 0.25) is 0 Å². The first-order valence-corrected chi connectivity index (χ1v) is 10.5. The smallest absolute Gasteiger partial charge is 0.272 e. The topological polar surface area (TPSA) is 99.6 Å². The van der Waals surface area contributed by atoms with Crippen molar-refractivity contribution >= 4 is 17.7 Å². The summed E-state index contributed by atoms with van der Waals surface area (Å²) in [4.78, 5) is 41.6. The number of carbonyl (C=O) groups is 3. The second kappa shape index (κ2) is 10.2. The quantitative estimate of drug-likeness (QED) is 0.648. The molecule has 1 aromatic carbocycles. The summed E-state index contributed by atoms with van der Waals surface area (Å²) in [5.41, 5.74) is 1.58. The van der Waals surface area contributed by atoms with Gasteiger partial charge < -0.3 is 20.4 Å². The zero-order valence-electron chi connectivity index (χ0n) is 18.3. The Kier molecular flexibility index (Phi) is 7.41. The number of nitrogens with zero attached hydrogens (tertiary/aromatic N) is 4. The number of hydrogen-bond acceptors (Lipinski definition) is 5. The molecule has 0 radical (unpaired) electrons. The fourth-order valence-corrected chi connectivity index (χ4v) is 3.39. The number of amides is 3. The maximum absolute atomic E-state index is 13.0. The Bertz CT molecular complexity index is 925. The second-order valence-corrected chi connectivity index (χ2v) is 7.99. The average molecular weight is 427 g/mol. The van der Waals surface area contributed by atoms with Crippen LogP contribution in [0.15, 0.2) is 36.4 Å². The van der Waals surface area contributed by atoms with Gasteiger partial charge in [-0.3, -0.25) is 19.1 Å². The van der Waals surface area contributed by atoms with Gasteiger partial charge in [0.05, 0.1) is 0 Å². The molecule has 2 N–H and O–H groups in total. The number of aryl methyl sites for hydroxylation is 1. The van der Waals surface area contributed by atoms with Gasteiger partial charge in [0.15, 0.2) is 5.69 Å². The van der Waals surface area contributed by atoms with Crippen molar-refractivity contribution in [3.8, 4) is 0 Å². The Morgan fingerprint density at radius 3 is 2.65 bits per heavy atom. The van der Waals surface area contributed by atoms with Crippen molar-refractivity contribution in [2.45, 2.75) is 32.5 Å². The van der Waals surface area contributed by atoms with Crippen LogP contribution < -0.4 is 10.6 Å². The number of rotatable bonds is 8. The Hall–Kier alpha value is -3.20. The summed E-state index contributed by atoms with van der Waals surface area (Å²) in [6.07, 6.45) is 0.749. The Morgan fingerprint density at radius 1 is 1.19 bits per heavy atom. The summed E-state index contributed by atoms with van der Waals surface area (Å²) in [5.74, 6) is -0.887. The molecule has 2 heterocycles. The van der Waals surface area contributed by atoms with E-state index in [0.717, 1.165) is 12.0 Å². The van der Waals surface area contributed by atoms with Crippen molar-refractivity contribution in [3.63, 3.8) is 0 Å². The molecule has 9 nitrogen and oxygen atoms in total. The van der Waals surface area contributed by atoms with Gasteiger partial charge in [0, 0.05) is 38.8 Å². The zero-order chi connectivity index (χ0) is 22.4. The van der Waals surface area contributed by atoms with Crippen LogP contribution in [0.4, 0.5) is 0 Å². The van der Waals surface area contributed by atoms with Crippen LogP contribution in [0.5, 0.6) is 0 Å². The minimum atomic E-state index is -0.707. The van der Waals surface area contributed by atoms with Crippen molar-refractivity contribution in [1.29, 1.82) is 0 Å². The average Bonchev–Trinajstić information content (AvgIpc) is 3.11. The predicted octanol–water partition coefficient (Wildman–Crippen LogP) is 0.725. The second-order valence-electron chi connectivity index (χ2n) is 7.99. The number of benzene rings is 1. The molecule has 1 atom stereocenters. The third-order valence-electron chi connectivity index (χ3n) is 5.13. The highest BCUT2D eigenvalue weighted by molar-refractivity contribution is 5.99. The zero-order valence-corrected chi connectivity index (χ0v) is 18.3. The van der Waals surface area contributed by atoms with Gasteiger partial charge in [-0.1, -0.05) is 30.3 Å². The largest absolute Gasteiger partial charge is 0.353 e. The molecule has 0 fully saturated rings.